The van der Waals surface area contributed by atoms with Gasteiger partial charge in [-0.25, -0.2) is 0 Å². The van der Waals surface area contributed by atoms with Crippen LogP contribution in [-0.2, 0) is 9.47 Å². The summed E-state index contributed by atoms with van der Waals surface area (Å²) in [6.45, 7) is 4.39. The van der Waals surface area contributed by atoms with Gasteiger partial charge in [0.15, 0.2) is 0 Å². The third-order valence-electron chi connectivity index (χ3n) is 4.19. The third-order valence-corrected chi connectivity index (χ3v) is 7.59. The molecule has 134 valence electrons. The molecule has 0 amide bonds. The van der Waals surface area contributed by atoms with E-state index < -0.39 is 8.56 Å². The minimum atomic E-state index is -2.42. The van der Waals surface area contributed by atoms with E-state index in [1.165, 1.54) is 0 Å². The van der Waals surface area contributed by atoms with Gasteiger partial charge in [0, 0.05) is 18.7 Å². The van der Waals surface area contributed by atoms with Crippen LogP contribution in [0.4, 0.5) is 0 Å². The van der Waals surface area contributed by atoms with Gasteiger partial charge in [0.25, 0.3) is 0 Å². The van der Waals surface area contributed by atoms with Gasteiger partial charge in [-0.15, -0.1) is 0 Å². The predicted octanol–water partition coefficient (Wildman–Crippen LogP) is 4.41. The Balaban J connectivity index is 1.63. The molecule has 0 N–H and O–H groups in total. The Hall–Kier alpha value is -1.82. The average Bonchev–Trinajstić information content (AvgIpc) is 3.47. The van der Waals surface area contributed by atoms with Crippen LogP contribution in [-0.4, -0.2) is 34.5 Å². The lowest BCUT2D eigenvalue weighted by Crippen LogP contribution is -2.48. The monoisotopic (exact) mass is 358 g/mol. The van der Waals surface area contributed by atoms with Crippen LogP contribution in [0.3, 0.4) is 0 Å². The number of benzene rings is 2. The van der Waals surface area contributed by atoms with Gasteiger partial charge in [-0.2, -0.15) is 0 Å². The fourth-order valence-corrected chi connectivity index (χ4v) is 5.38. The van der Waals surface area contributed by atoms with E-state index in [4.69, 9.17) is 18.3 Å². The molecule has 1 aliphatic rings. The van der Waals surface area contributed by atoms with Gasteiger partial charge >= 0.3 is 8.56 Å². The van der Waals surface area contributed by atoms with Crippen molar-refractivity contribution in [3.63, 3.8) is 0 Å². The van der Waals surface area contributed by atoms with Gasteiger partial charge in [0.2, 0.25) is 0 Å². The average molecular weight is 359 g/mol. The topological polar surface area (TPSA) is 40.2 Å². The first-order valence-electron chi connectivity index (χ1n) is 8.97. The molecule has 0 saturated carbocycles. The van der Waals surface area contributed by atoms with Crippen LogP contribution >= 0.6 is 0 Å². The minimum Gasteiger partial charge on any atom is -0.512 e. The van der Waals surface area contributed by atoms with Crippen LogP contribution in [0.2, 0.25) is 12.1 Å². The van der Waals surface area contributed by atoms with Crippen LogP contribution in [0.15, 0.2) is 60.7 Å². The molecule has 1 atom stereocenters. The van der Waals surface area contributed by atoms with E-state index >= 15 is 0 Å². The maximum absolute atomic E-state index is 6.43. The summed E-state index contributed by atoms with van der Waals surface area (Å²) >= 11 is 0. The molecule has 25 heavy (non-hydrogen) atoms. The molecule has 2 aromatic carbocycles. The van der Waals surface area contributed by atoms with Crippen molar-refractivity contribution < 1.29 is 18.3 Å². The van der Waals surface area contributed by atoms with Crippen molar-refractivity contribution in [3.8, 4) is 11.5 Å². The summed E-state index contributed by atoms with van der Waals surface area (Å²) in [5.41, 5.74) is 0. The van der Waals surface area contributed by atoms with Crippen LogP contribution < -0.4 is 8.85 Å². The Labute approximate surface area is 150 Å². The summed E-state index contributed by atoms with van der Waals surface area (Å²) in [6.07, 6.45) is 1.24. The molecule has 0 spiro atoms. The highest BCUT2D eigenvalue weighted by Gasteiger charge is 2.40. The first-order valence-corrected chi connectivity index (χ1v) is 11.2. The Bertz CT molecular complexity index is 575. The second-order valence-electron chi connectivity index (χ2n) is 6.23. The van der Waals surface area contributed by atoms with E-state index in [1.54, 1.807) is 0 Å². The van der Waals surface area contributed by atoms with Gasteiger partial charge in [0.05, 0.1) is 13.2 Å². The minimum absolute atomic E-state index is 0.314. The number of ether oxygens (including phenoxy) is 2. The molecule has 1 heterocycles. The highest BCUT2D eigenvalue weighted by Crippen LogP contribution is 2.27. The summed E-state index contributed by atoms with van der Waals surface area (Å²) in [5.74, 6) is 1.75. The highest BCUT2D eigenvalue weighted by molar-refractivity contribution is 6.68. The first-order chi connectivity index (χ1) is 12.3. The SMILES string of the molecule is CC[Si](CCCOCC1CO1)(Oc1ccccc1)Oc1ccccc1. The molecule has 1 fully saturated rings. The molecule has 1 saturated heterocycles. The summed E-state index contributed by atoms with van der Waals surface area (Å²) in [6, 6.07) is 21.7. The quantitative estimate of drug-likeness (QED) is 0.339. The largest absolute Gasteiger partial charge is 0.512 e. The molecular weight excluding hydrogens is 332 g/mol. The number of hydrogen-bond donors (Lipinski definition) is 0. The Kier molecular flexibility index (Phi) is 6.50. The van der Waals surface area contributed by atoms with Crippen LogP contribution in [0.1, 0.15) is 13.3 Å². The van der Waals surface area contributed by atoms with Crippen molar-refractivity contribution in [3.05, 3.63) is 60.7 Å². The van der Waals surface area contributed by atoms with Crippen molar-refractivity contribution in [2.45, 2.75) is 31.5 Å². The molecule has 0 aromatic heterocycles. The van der Waals surface area contributed by atoms with Crippen LogP contribution in [0.25, 0.3) is 0 Å². The zero-order valence-electron chi connectivity index (χ0n) is 14.7. The van der Waals surface area contributed by atoms with E-state index in [-0.39, 0.29) is 0 Å². The Morgan fingerprint density at radius 3 is 2.00 bits per heavy atom. The lowest BCUT2D eigenvalue weighted by Gasteiger charge is -2.31. The smallest absolute Gasteiger partial charge is 0.460 e. The van der Waals surface area contributed by atoms with Gasteiger partial charge in [-0.05, 0) is 30.7 Å². The molecule has 2 aromatic rings. The Morgan fingerprint density at radius 1 is 0.960 bits per heavy atom. The predicted molar refractivity (Wildman–Crippen MR) is 100 cm³/mol. The molecule has 1 aliphatic heterocycles. The number of rotatable bonds is 11. The molecule has 1 unspecified atom stereocenters. The third kappa shape index (κ3) is 5.88. The van der Waals surface area contributed by atoms with Crippen molar-refractivity contribution in [1.82, 2.24) is 0 Å². The van der Waals surface area contributed by atoms with Gasteiger partial charge in [-0.3, -0.25) is 0 Å². The van der Waals surface area contributed by atoms with E-state index in [0.717, 1.165) is 36.6 Å². The van der Waals surface area contributed by atoms with Crippen LogP contribution in [0, 0.1) is 0 Å². The number of hydrogen-bond acceptors (Lipinski definition) is 4. The fourth-order valence-electron chi connectivity index (χ4n) is 2.67. The molecule has 0 aliphatic carbocycles. The second-order valence-corrected chi connectivity index (χ2v) is 9.66. The maximum Gasteiger partial charge on any atom is 0.460 e. The summed E-state index contributed by atoms with van der Waals surface area (Å²) in [4.78, 5) is 0. The lowest BCUT2D eigenvalue weighted by atomic mass is 10.3. The van der Waals surface area contributed by atoms with Crippen molar-refractivity contribution in [2.75, 3.05) is 19.8 Å². The molecule has 0 radical (unpaired) electrons. The molecular formula is C20H26O4Si. The van der Waals surface area contributed by atoms with Gasteiger partial charge < -0.3 is 18.3 Å². The van der Waals surface area contributed by atoms with Crippen molar-refractivity contribution in [2.24, 2.45) is 0 Å². The molecule has 0 bridgehead atoms. The first kappa shape index (κ1) is 18.0. The number of epoxide rings is 1. The van der Waals surface area contributed by atoms with Crippen molar-refractivity contribution in [1.29, 1.82) is 0 Å². The normalized spacial score (nSPS) is 16.4. The van der Waals surface area contributed by atoms with E-state index in [2.05, 4.69) is 6.92 Å². The fraction of sp³-hybridized carbons (Fsp3) is 0.400. The van der Waals surface area contributed by atoms with E-state index in [9.17, 15) is 0 Å². The number of para-hydroxylation sites is 2. The van der Waals surface area contributed by atoms with E-state index in [0.29, 0.717) is 19.3 Å². The Morgan fingerprint density at radius 2 is 1.52 bits per heavy atom. The summed E-state index contributed by atoms with van der Waals surface area (Å²) in [7, 11) is -2.42. The zero-order chi connectivity index (χ0) is 17.4. The summed E-state index contributed by atoms with van der Waals surface area (Å²) in [5, 5.41) is 0. The molecule has 5 heteroatoms. The van der Waals surface area contributed by atoms with Gasteiger partial charge in [0.1, 0.15) is 17.6 Å². The molecule has 4 nitrogen and oxygen atoms in total. The second kappa shape index (κ2) is 9.04. The summed E-state index contributed by atoms with van der Waals surface area (Å²) < 4.78 is 23.7. The standard InChI is InChI=1S/C20H26O4Si/c1-2-25(23-18-10-5-3-6-11-18,24-19-12-7-4-8-13-19)15-9-14-21-16-20-17-22-20/h3-8,10-13,20H,2,9,14-17H2,1H3. The molecule has 3 rings (SSSR count). The van der Waals surface area contributed by atoms with Crippen LogP contribution in [0.5, 0.6) is 11.5 Å². The maximum atomic E-state index is 6.43. The highest BCUT2D eigenvalue weighted by atomic mass is 28.4. The van der Waals surface area contributed by atoms with Gasteiger partial charge in [-0.1, -0.05) is 43.3 Å². The lowest BCUT2D eigenvalue weighted by molar-refractivity contribution is 0.116. The zero-order valence-corrected chi connectivity index (χ0v) is 15.7. The van der Waals surface area contributed by atoms with E-state index in [1.807, 2.05) is 60.7 Å². The van der Waals surface area contributed by atoms with Crippen molar-refractivity contribution >= 4 is 8.56 Å².